The molecule has 26 heavy (non-hydrogen) atoms. The fraction of sp³-hybridized carbons (Fsp3) is 0.174. The van der Waals surface area contributed by atoms with Crippen molar-refractivity contribution in [2.45, 2.75) is 25.7 Å². The lowest BCUT2D eigenvalue weighted by Crippen LogP contribution is -2.17. The number of nitrogens with zero attached hydrogens (tertiary/aromatic N) is 2. The van der Waals surface area contributed by atoms with Crippen molar-refractivity contribution < 1.29 is 0 Å². The second-order valence-electron chi connectivity index (χ2n) is 6.55. The van der Waals surface area contributed by atoms with E-state index in [4.69, 9.17) is 4.99 Å². The number of thioether (sulfide) groups is 1. The minimum atomic E-state index is 0.942. The Morgan fingerprint density at radius 1 is 1.04 bits per heavy atom. The molecule has 0 aliphatic carbocycles. The second-order valence-corrected chi connectivity index (χ2v) is 7.61. The van der Waals surface area contributed by atoms with Crippen molar-refractivity contribution in [1.29, 1.82) is 0 Å². The molecule has 0 atom stereocenters. The smallest absolute Gasteiger partial charge is 0.0819 e. The van der Waals surface area contributed by atoms with Gasteiger partial charge in [-0.2, -0.15) is 0 Å². The van der Waals surface area contributed by atoms with Crippen LogP contribution in [0.15, 0.2) is 81.7 Å². The van der Waals surface area contributed by atoms with Crippen LogP contribution in [0.3, 0.4) is 0 Å². The van der Waals surface area contributed by atoms with Gasteiger partial charge in [0.2, 0.25) is 0 Å². The van der Waals surface area contributed by atoms with E-state index >= 15 is 0 Å². The molecule has 1 heterocycles. The summed E-state index contributed by atoms with van der Waals surface area (Å²) in [5, 5.41) is 3.85. The number of fused-ring (bicyclic) bond motifs is 3. The van der Waals surface area contributed by atoms with Gasteiger partial charge in [-0.3, -0.25) is 4.99 Å². The summed E-state index contributed by atoms with van der Waals surface area (Å²) in [6.45, 7) is 7.32. The molecular formula is C23H22N2S. The van der Waals surface area contributed by atoms with E-state index in [0.717, 1.165) is 17.9 Å². The van der Waals surface area contributed by atoms with E-state index < -0.39 is 0 Å². The van der Waals surface area contributed by atoms with Crippen LogP contribution in [-0.2, 0) is 0 Å². The Bertz CT molecular complexity index is 1020. The summed E-state index contributed by atoms with van der Waals surface area (Å²) in [5.74, 6) is 0. The molecule has 0 unspecified atom stereocenters. The van der Waals surface area contributed by atoms with Crippen LogP contribution >= 0.6 is 11.8 Å². The molecule has 0 saturated heterocycles. The van der Waals surface area contributed by atoms with E-state index in [0.29, 0.717) is 0 Å². The Hall–Kier alpha value is -2.52. The van der Waals surface area contributed by atoms with Crippen molar-refractivity contribution in [3.63, 3.8) is 0 Å². The molecule has 1 aliphatic heterocycles. The van der Waals surface area contributed by atoms with E-state index in [1.165, 1.54) is 31.9 Å². The van der Waals surface area contributed by atoms with Crippen LogP contribution < -0.4 is 4.90 Å². The molecule has 2 nitrogen and oxygen atoms in total. The summed E-state index contributed by atoms with van der Waals surface area (Å²) in [4.78, 5) is 8.48. The van der Waals surface area contributed by atoms with Crippen molar-refractivity contribution in [2.75, 3.05) is 11.4 Å². The summed E-state index contributed by atoms with van der Waals surface area (Å²) < 4.78 is 0. The molecule has 0 amide bonds. The fourth-order valence-corrected chi connectivity index (χ4v) is 4.57. The van der Waals surface area contributed by atoms with E-state index in [9.17, 15) is 0 Å². The lowest BCUT2D eigenvalue weighted by atomic mass is 10.1. The topological polar surface area (TPSA) is 15.6 Å². The second kappa shape index (κ2) is 7.00. The van der Waals surface area contributed by atoms with Gasteiger partial charge in [-0.1, -0.05) is 59.8 Å². The number of benzene rings is 3. The van der Waals surface area contributed by atoms with E-state index in [2.05, 4.69) is 92.4 Å². The highest BCUT2D eigenvalue weighted by atomic mass is 32.2. The third-order valence-electron chi connectivity index (χ3n) is 4.60. The number of rotatable bonds is 3. The summed E-state index contributed by atoms with van der Waals surface area (Å²) in [7, 11) is 0. The van der Waals surface area contributed by atoms with Crippen molar-refractivity contribution in [1.82, 2.24) is 0 Å². The maximum absolute atomic E-state index is 4.76. The van der Waals surface area contributed by atoms with Crippen molar-refractivity contribution in [3.8, 4) is 0 Å². The van der Waals surface area contributed by atoms with Gasteiger partial charge < -0.3 is 4.90 Å². The third kappa shape index (κ3) is 3.15. The molecule has 0 saturated carbocycles. The number of anilines is 1. The summed E-state index contributed by atoms with van der Waals surface area (Å²) in [6.07, 6.45) is 2.20. The predicted octanol–water partition coefficient (Wildman–Crippen LogP) is 6.71. The molecule has 4 rings (SSSR count). The number of hydrogen-bond acceptors (Lipinski definition) is 3. The molecule has 0 bridgehead atoms. The monoisotopic (exact) mass is 358 g/mol. The largest absolute Gasteiger partial charge is 0.335 e. The van der Waals surface area contributed by atoms with Gasteiger partial charge >= 0.3 is 0 Å². The SMILES string of the molecule is CCN1/C(=C\C(C)=Nc2ccc(C)cc2)Sc2ccc3ccccc3c21. The Labute approximate surface area is 159 Å². The highest BCUT2D eigenvalue weighted by molar-refractivity contribution is 8.03. The zero-order valence-corrected chi connectivity index (χ0v) is 16.2. The molecule has 3 heteroatoms. The van der Waals surface area contributed by atoms with Crippen LogP contribution in [0.2, 0.25) is 0 Å². The van der Waals surface area contributed by atoms with E-state index in [-0.39, 0.29) is 0 Å². The van der Waals surface area contributed by atoms with Gasteiger partial charge in [0.1, 0.15) is 0 Å². The number of aryl methyl sites for hydroxylation is 1. The van der Waals surface area contributed by atoms with E-state index in [1.54, 1.807) is 0 Å². The first-order valence-corrected chi connectivity index (χ1v) is 9.78. The maximum atomic E-state index is 4.76. The van der Waals surface area contributed by atoms with Gasteiger partial charge in [0.05, 0.1) is 16.4 Å². The predicted molar refractivity (Wildman–Crippen MR) is 115 cm³/mol. The number of aliphatic imine (C=N–C) groups is 1. The zero-order chi connectivity index (χ0) is 18.1. The minimum Gasteiger partial charge on any atom is -0.335 e. The van der Waals surface area contributed by atoms with Crippen molar-refractivity contribution in [3.05, 3.63) is 77.3 Å². The lowest BCUT2D eigenvalue weighted by molar-refractivity contribution is 1.01. The fourth-order valence-electron chi connectivity index (χ4n) is 3.33. The standard InChI is InChI=1S/C23H22N2S/c1-4-25-22(15-17(3)24-19-12-9-16(2)10-13-19)26-21-14-11-18-7-5-6-8-20(18)23(21)25/h5-15H,4H2,1-3H3/b22-15+,24-17?. The summed E-state index contributed by atoms with van der Waals surface area (Å²) in [5.41, 5.74) is 4.60. The average molecular weight is 359 g/mol. The summed E-state index contributed by atoms with van der Waals surface area (Å²) in [6, 6.07) is 21.4. The highest BCUT2D eigenvalue weighted by Crippen LogP contribution is 2.49. The molecule has 0 aromatic heterocycles. The maximum Gasteiger partial charge on any atom is 0.0819 e. The number of allylic oxidation sites excluding steroid dienone is 1. The average Bonchev–Trinajstić information content (AvgIpc) is 3.01. The van der Waals surface area contributed by atoms with Gasteiger partial charge in [0, 0.05) is 22.5 Å². The first-order chi connectivity index (χ1) is 12.7. The minimum absolute atomic E-state index is 0.942. The summed E-state index contributed by atoms with van der Waals surface area (Å²) >= 11 is 1.83. The van der Waals surface area contributed by atoms with Crippen molar-refractivity contribution >= 4 is 39.6 Å². The molecule has 0 fully saturated rings. The Morgan fingerprint density at radius 2 is 1.81 bits per heavy atom. The molecule has 0 radical (unpaired) electrons. The van der Waals surface area contributed by atoms with Crippen LogP contribution in [0.25, 0.3) is 10.8 Å². The molecule has 0 N–H and O–H groups in total. The van der Waals surface area contributed by atoms with Crippen LogP contribution in [-0.4, -0.2) is 12.3 Å². The van der Waals surface area contributed by atoms with Crippen LogP contribution in [0.5, 0.6) is 0 Å². The Morgan fingerprint density at radius 3 is 2.58 bits per heavy atom. The zero-order valence-electron chi connectivity index (χ0n) is 15.4. The Kier molecular flexibility index (Phi) is 4.56. The molecule has 130 valence electrons. The first kappa shape index (κ1) is 16.9. The van der Waals surface area contributed by atoms with Gasteiger partial charge in [0.15, 0.2) is 0 Å². The first-order valence-electron chi connectivity index (χ1n) is 8.96. The molecular weight excluding hydrogens is 336 g/mol. The van der Waals surface area contributed by atoms with Gasteiger partial charge in [-0.25, -0.2) is 0 Å². The molecule has 3 aromatic rings. The van der Waals surface area contributed by atoms with Crippen LogP contribution in [0.1, 0.15) is 19.4 Å². The van der Waals surface area contributed by atoms with Crippen molar-refractivity contribution in [2.24, 2.45) is 4.99 Å². The van der Waals surface area contributed by atoms with Crippen LogP contribution in [0, 0.1) is 6.92 Å². The number of hydrogen-bond donors (Lipinski definition) is 0. The Balaban J connectivity index is 1.72. The normalized spacial score (nSPS) is 15.7. The molecule has 3 aromatic carbocycles. The van der Waals surface area contributed by atoms with Gasteiger partial charge in [-0.05, 0) is 50.4 Å². The molecule has 1 aliphatic rings. The van der Waals surface area contributed by atoms with E-state index in [1.807, 2.05) is 11.8 Å². The highest BCUT2D eigenvalue weighted by Gasteiger charge is 2.25. The lowest BCUT2D eigenvalue weighted by Gasteiger charge is -2.19. The quantitative estimate of drug-likeness (QED) is 0.483. The van der Waals surface area contributed by atoms with Gasteiger partial charge in [-0.15, -0.1) is 0 Å². The van der Waals surface area contributed by atoms with Crippen LogP contribution in [0.4, 0.5) is 11.4 Å². The molecule has 0 spiro atoms. The third-order valence-corrected chi connectivity index (χ3v) is 5.70. The van der Waals surface area contributed by atoms with Gasteiger partial charge in [0.25, 0.3) is 0 Å².